The van der Waals surface area contributed by atoms with E-state index < -0.39 is 11.7 Å². The average molecular weight is 277 g/mol. The fourth-order valence-corrected chi connectivity index (χ4v) is 1.61. The van der Waals surface area contributed by atoms with Gasteiger partial charge in [0.1, 0.15) is 5.60 Å². The van der Waals surface area contributed by atoms with Crippen molar-refractivity contribution in [2.45, 2.75) is 46.8 Å². The fourth-order valence-electron chi connectivity index (χ4n) is 1.61. The first-order chi connectivity index (χ1) is 9.19. The van der Waals surface area contributed by atoms with Crippen LogP contribution in [-0.2, 0) is 11.3 Å². The molecule has 1 N–H and O–H groups in total. The molecule has 0 aromatic heterocycles. The lowest BCUT2D eigenvalue weighted by atomic mass is 10.0. The van der Waals surface area contributed by atoms with Gasteiger partial charge in [0.15, 0.2) is 5.78 Å². The highest BCUT2D eigenvalue weighted by molar-refractivity contribution is 5.97. The molecule has 0 radical (unpaired) electrons. The lowest BCUT2D eigenvalue weighted by molar-refractivity contribution is 0.0523. The maximum atomic E-state index is 11.8. The van der Waals surface area contributed by atoms with E-state index in [4.69, 9.17) is 4.74 Å². The lowest BCUT2D eigenvalue weighted by Crippen LogP contribution is -2.32. The van der Waals surface area contributed by atoms with E-state index in [2.05, 4.69) is 5.32 Å². The van der Waals surface area contributed by atoms with E-state index >= 15 is 0 Å². The van der Waals surface area contributed by atoms with Crippen molar-refractivity contribution < 1.29 is 14.3 Å². The number of ketones is 1. The molecule has 110 valence electrons. The van der Waals surface area contributed by atoms with Gasteiger partial charge in [-0.05, 0) is 26.3 Å². The topological polar surface area (TPSA) is 55.4 Å². The molecule has 0 aliphatic rings. The van der Waals surface area contributed by atoms with Crippen LogP contribution >= 0.6 is 0 Å². The highest BCUT2D eigenvalue weighted by Gasteiger charge is 2.15. The number of benzene rings is 1. The van der Waals surface area contributed by atoms with Gasteiger partial charge in [-0.25, -0.2) is 4.79 Å². The van der Waals surface area contributed by atoms with Crippen LogP contribution in [0.1, 0.15) is 50.5 Å². The Balaban J connectivity index is 2.54. The van der Waals surface area contributed by atoms with Gasteiger partial charge in [-0.1, -0.05) is 38.1 Å². The van der Waals surface area contributed by atoms with E-state index in [0.29, 0.717) is 12.1 Å². The van der Waals surface area contributed by atoms with E-state index in [0.717, 1.165) is 5.56 Å². The molecule has 0 aliphatic heterocycles. The van der Waals surface area contributed by atoms with Gasteiger partial charge in [-0.2, -0.15) is 0 Å². The minimum Gasteiger partial charge on any atom is -0.444 e. The van der Waals surface area contributed by atoms with Crippen molar-refractivity contribution in [1.29, 1.82) is 0 Å². The predicted molar refractivity (Wildman–Crippen MR) is 78.7 cm³/mol. The summed E-state index contributed by atoms with van der Waals surface area (Å²) in [5.74, 6) is 0.109. The van der Waals surface area contributed by atoms with Gasteiger partial charge in [0, 0.05) is 18.0 Å². The summed E-state index contributed by atoms with van der Waals surface area (Å²) in [5, 5.41) is 2.68. The van der Waals surface area contributed by atoms with Crippen LogP contribution in [0.25, 0.3) is 0 Å². The molecular weight excluding hydrogens is 254 g/mol. The molecule has 0 bridgehead atoms. The van der Waals surface area contributed by atoms with Gasteiger partial charge in [0.2, 0.25) is 0 Å². The maximum Gasteiger partial charge on any atom is 0.407 e. The zero-order chi connectivity index (χ0) is 15.3. The minimum atomic E-state index is -0.502. The van der Waals surface area contributed by atoms with E-state index in [9.17, 15) is 9.59 Å². The highest BCUT2D eigenvalue weighted by atomic mass is 16.6. The number of ether oxygens (including phenoxy) is 1. The van der Waals surface area contributed by atoms with Crippen LogP contribution in [0.3, 0.4) is 0 Å². The third kappa shape index (κ3) is 5.43. The first kappa shape index (κ1) is 16.2. The largest absolute Gasteiger partial charge is 0.444 e. The first-order valence-electron chi connectivity index (χ1n) is 6.79. The third-order valence-corrected chi connectivity index (χ3v) is 2.60. The second-order valence-corrected chi connectivity index (χ2v) is 6.07. The fraction of sp³-hybridized carbons (Fsp3) is 0.500. The number of carbonyl (C=O) groups is 2. The Morgan fingerprint density at radius 1 is 1.15 bits per heavy atom. The normalized spacial score (nSPS) is 11.3. The summed E-state index contributed by atoms with van der Waals surface area (Å²) in [4.78, 5) is 23.3. The van der Waals surface area contributed by atoms with Gasteiger partial charge in [-0.3, -0.25) is 4.79 Å². The summed E-state index contributed by atoms with van der Waals surface area (Å²) < 4.78 is 5.15. The van der Waals surface area contributed by atoms with Gasteiger partial charge in [0.05, 0.1) is 0 Å². The monoisotopic (exact) mass is 277 g/mol. The van der Waals surface area contributed by atoms with Crippen LogP contribution in [0, 0.1) is 5.92 Å². The molecule has 4 nitrogen and oxygen atoms in total. The molecule has 0 atom stereocenters. The molecule has 0 spiro atoms. The molecule has 0 aliphatic carbocycles. The Hall–Kier alpha value is -1.84. The Kier molecular flexibility index (Phi) is 5.31. The molecular formula is C16H23NO3. The van der Waals surface area contributed by atoms with Crippen molar-refractivity contribution in [2.24, 2.45) is 5.92 Å². The summed E-state index contributed by atoms with van der Waals surface area (Å²) in [6, 6.07) is 7.25. The molecule has 0 heterocycles. The quantitative estimate of drug-likeness (QED) is 0.856. The zero-order valence-electron chi connectivity index (χ0n) is 12.8. The number of Topliss-reactive ketones (excluding diaryl/α,β-unsaturated/α-hetero) is 1. The lowest BCUT2D eigenvalue weighted by Gasteiger charge is -2.19. The van der Waals surface area contributed by atoms with Crippen LogP contribution in [-0.4, -0.2) is 17.5 Å². The van der Waals surface area contributed by atoms with Crippen LogP contribution in [0.15, 0.2) is 24.3 Å². The second-order valence-electron chi connectivity index (χ2n) is 6.07. The Bertz CT molecular complexity index is 469. The molecule has 4 heteroatoms. The van der Waals surface area contributed by atoms with E-state index in [1.54, 1.807) is 12.1 Å². The smallest absolute Gasteiger partial charge is 0.407 e. The summed E-state index contributed by atoms with van der Waals surface area (Å²) in [6.07, 6.45) is -0.445. The number of amides is 1. The van der Waals surface area contributed by atoms with Crippen LogP contribution in [0.4, 0.5) is 4.79 Å². The summed E-state index contributed by atoms with van der Waals surface area (Å²) in [5.41, 5.74) is 1.12. The molecule has 1 amide bonds. The second kappa shape index (κ2) is 6.55. The number of rotatable bonds is 4. The van der Waals surface area contributed by atoms with Gasteiger partial charge < -0.3 is 10.1 Å². The average Bonchev–Trinajstić information content (AvgIpc) is 2.34. The predicted octanol–water partition coefficient (Wildman–Crippen LogP) is 3.55. The molecule has 0 saturated carbocycles. The van der Waals surface area contributed by atoms with Crippen molar-refractivity contribution >= 4 is 11.9 Å². The van der Waals surface area contributed by atoms with Crippen LogP contribution < -0.4 is 5.32 Å². The van der Waals surface area contributed by atoms with Crippen LogP contribution in [0.2, 0.25) is 0 Å². The third-order valence-electron chi connectivity index (χ3n) is 2.60. The molecule has 1 aromatic rings. The number of alkyl carbamates (subject to hydrolysis) is 1. The molecule has 1 rings (SSSR count). The molecule has 0 unspecified atom stereocenters. The zero-order valence-corrected chi connectivity index (χ0v) is 12.8. The number of nitrogens with one attached hydrogen (secondary N) is 1. The van der Waals surface area contributed by atoms with Gasteiger partial charge in [0.25, 0.3) is 0 Å². The van der Waals surface area contributed by atoms with E-state index in [-0.39, 0.29) is 11.7 Å². The number of hydrogen-bond donors (Lipinski definition) is 1. The number of carbonyl (C=O) groups excluding carboxylic acids is 2. The molecule has 0 saturated heterocycles. The van der Waals surface area contributed by atoms with E-state index in [1.165, 1.54) is 0 Å². The molecule has 20 heavy (non-hydrogen) atoms. The first-order valence-corrected chi connectivity index (χ1v) is 6.79. The molecule has 1 aromatic carbocycles. The summed E-state index contributed by atoms with van der Waals surface area (Å²) in [7, 11) is 0. The van der Waals surface area contributed by atoms with Crippen molar-refractivity contribution in [2.75, 3.05) is 0 Å². The van der Waals surface area contributed by atoms with Crippen molar-refractivity contribution in [3.05, 3.63) is 35.4 Å². The summed E-state index contributed by atoms with van der Waals surface area (Å²) >= 11 is 0. The minimum absolute atomic E-state index is 0.0132. The maximum absolute atomic E-state index is 11.8. The Morgan fingerprint density at radius 2 is 1.70 bits per heavy atom. The van der Waals surface area contributed by atoms with Crippen LogP contribution in [0.5, 0.6) is 0 Å². The standard InChI is InChI=1S/C16H23NO3/c1-11(2)14(18)13-8-6-12(7-9-13)10-17-15(19)20-16(3,4)5/h6-9,11H,10H2,1-5H3,(H,17,19). The van der Waals surface area contributed by atoms with Gasteiger partial charge >= 0.3 is 6.09 Å². The Morgan fingerprint density at radius 3 is 2.15 bits per heavy atom. The van der Waals surface area contributed by atoms with Gasteiger partial charge in [-0.15, -0.1) is 0 Å². The Labute approximate surface area is 120 Å². The van der Waals surface area contributed by atoms with Crippen molar-refractivity contribution in [1.82, 2.24) is 5.32 Å². The highest BCUT2D eigenvalue weighted by Crippen LogP contribution is 2.11. The number of hydrogen-bond acceptors (Lipinski definition) is 3. The molecule has 0 fully saturated rings. The van der Waals surface area contributed by atoms with E-state index in [1.807, 2.05) is 46.8 Å². The SMILES string of the molecule is CC(C)C(=O)c1ccc(CNC(=O)OC(C)(C)C)cc1. The van der Waals surface area contributed by atoms with Crippen molar-refractivity contribution in [3.63, 3.8) is 0 Å². The van der Waals surface area contributed by atoms with Crippen molar-refractivity contribution in [3.8, 4) is 0 Å². The summed E-state index contributed by atoms with van der Waals surface area (Å²) in [6.45, 7) is 9.59.